The number of benzene rings is 2. The van der Waals surface area contributed by atoms with Crippen LogP contribution in [-0.4, -0.2) is 58.4 Å². The van der Waals surface area contributed by atoms with Crippen molar-refractivity contribution in [3.05, 3.63) is 64.6 Å². The van der Waals surface area contributed by atoms with E-state index in [1.165, 1.54) is 18.9 Å². The van der Waals surface area contributed by atoms with Gasteiger partial charge in [-0.3, -0.25) is 14.5 Å². The van der Waals surface area contributed by atoms with Gasteiger partial charge in [0.15, 0.2) is 0 Å². The van der Waals surface area contributed by atoms with Gasteiger partial charge in [0.05, 0.1) is 12.0 Å². The summed E-state index contributed by atoms with van der Waals surface area (Å²) in [7, 11) is 3.14. The number of thioether (sulfide) groups is 1. The van der Waals surface area contributed by atoms with Crippen LogP contribution in [0.4, 0.5) is 0 Å². The van der Waals surface area contributed by atoms with Gasteiger partial charge in [0.25, 0.3) is 11.8 Å². The van der Waals surface area contributed by atoms with Crippen molar-refractivity contribution in [3.63, 3.8) is 0 Å². The molecule has 3 rings (SSSR count). The first kappa shape index (κ1) is 28.6. The highest BCUT2D eigenvalue weighted by Gasteiger charge is 2.36. The highest BCUT2D eigenvalue weighted by atomic mass is 35.6. The first-order valence-corrected chi connectivity index (χ1v) is 13.0. The Hall–Kier alpha value is -2.01. The van der Waals surface area contributed by atoms with Gasteiger partial charge in [-0.1, -0.05) is 70.9 Å². The van der Waals surface area contributed by atoms with E-state index >= 15 is 0 Å². The van der Waals surface area contributed by atoms with Gasteiger partial charge in [-0.2, -0.15) is 0 Å². The Labute approximate surface area is 234 Å². The second-order valence-electron chi connectivity index (χ2n) is 7.49. The van der Waals surface area contributed by atoms with Crippen LogP contribution in [0.25, 0.3) is 6.08 Å². The number of nitrogens with zero attached hydrogens (tertiary/aromatic N) is 1. The molecule has 1 saturated heterocycles. The summed E-state index contributed by atoms with van der Waals surface area (Å²) in [5.41, 5.74) is 1.10. The predicted octanol–water partition coefficient (Wildman–Crippen LogP) is 5.44. The minimum Gasteiger partial charge on any atom is -0.497 e. The summed E-state index contributed by atoms with van der Waals surface area (Å²) in [5.74, 6) is 0.330. The fourth-order valence-corrected chi connectivity index (χ4v) is 4.72. The van der Waals surface area contributed by atoms with Crippen LogP contribution >= 0.6 is 58.8 Å². The molecule has 36 heavy (non-hydrogen) atoms. The summed E-state index contributed by atoms with van der Waals surface area (Å²) in [4.78, 5) is 27.4. The van der Waals surface area contributed by atoms with E-state index in [0.29, 0.717) is 45.9 Å². The summed E-state index contributed by atoms with van der Waals surface area (Å²) in [6.07, 6.45) is 1.17. The van der Waals surface area contributed by atoms with Crippen LogP contribution in [0.15, 0.2) is 53.4 Å². The van der Waals surface area contributed by atoms with Crippen molar-refractivity contribution >= 4 is 81.0 Å². The highest BCUT2D eigenvalue weighted by Crippen LogP contribution is 2.34. The third kappa shape index (κ3) is 7.74. The second-order valence-corrected chi connectivity index (χ2v) is 11.5. The van der Waals surface area contributed by atoms with E-state index in [-0.39, 0.29) is 5.91 Å². The fourth-order valence-electron chi connectivity index (χ4n) is 3.11. The number of carbonyl (C=O) groups is 2. The number of hydrogen-bond acceptors (Lipinski definition) is 7. The zero-order valence-corrected chi connectivity index (χ0v) is 23.2. The molecule has 0 bridgehead atoms. The van der Waals surface area contributed by atoms with Crippen molar-refractivity contribution in [1.29, 1.82) is 0 Å². The summed E-state index contributed by atoms with van der Waals surface area (Å²) in [6, 6.07) is 13.2. The molecule has 1 unspecified atom stereocenters. The van der Waals surface area contributed by atoms with Crippen molar-refractivity contribution in [2.24, 2.45) is 0 Å². The molecule has 7 nitrogen and oxygen atoms in total. The molecule has 0 aliphatic carbocycles. The maximum Gasteiger partial charge on any atom is 0.266 e. The first-order chi connectivity index (χ1) is 17.1. The van der Waals surface area contributed by atoms with Crippen LogP contribution in [0.3, 0.4) is 0 Å². The van der Waals surface area contributed by atoms with Crippen LogP contribution in [-0.2, 0) is 9.53 Å². The van der Waals surface area contributed by atoms with Gasteiger partial charge in [0.1, 0.15) is 15.8 Å². The monoisotopic (exact) mass is 588 g/mol. The van der Waals surface area contributed by atoms with Gasteiger partial charge in [0.2, 0.25) is 10.0 Å². The fraction of sp³-hybridized carbons (Fsp3) is 0.292. The average molecular weight is 590 g/mol. The minimum atomic E-state index is -1.95. The molecule has 1 heterocycles. The normalized spacial score (nSPS) is 15.8. The summed E-state index contributed by atoms with van der Waals surface area (Å²) < 4.78 is 14.5. The molecule has 0 saturated carbocycles. The van der Waals surface area contributed by atoms with E-state index in [2.05, 4.69) is 5.32 Å². The predicted molar refractivity (Wildman–Crippen MR) is 148 cm³/mol. The molecule has 2 amide bonds. The molecular weight excluding hydrogens is 567 g/mol. The summed E-state index contributed by atoms with van der Waals surface area (Å²) in [5, 5.41) is 2.58. The lowest BCUT2D eigenvalue weighted by Crippen LogP contribution is -2.47. The molecule has 1 fully saturated rings. The molecule has 2 aromatic carbocycles. The smallest absolute Gasteiger partial charge is 0.266 e. The molecule has 2 aromatic rings. The van der Waals surface area contributed by atoms with Crippen LogP contribution in [0.2, 0.25) is 0 Å². The number of nitrogens with one attached hydrogen (secondary N) is 1. The number of thiocarbonyl (C=S) groups is 1. The molecule has 0 radical (unpaired) electrons. The number of methoxy groups -OCH3 is 2. The van der Waals surface area contributed by atoms with Crippen LogP contribution in [0.1, 0.15) is 22.3 Å². The Morgan fingerprint density at radius 3 is 2.33 bits per heavy atom. The Balaban J connectivity index is 1.67. The third-order valence-corrected chi connectivity index (χ3v) is 6.92. The lowest BCUT2D eigenvalue weighted by Gasteiger charge is -2.26. The standard InChI is InChI=1S/C24H23Cl3N2O5S2/c1-32-13-3-12-29-21(31)19(36-23(29)35)14-15-4-8-18(9-5-15)34-22(24(25,26)27)28-20(30)16-6-10-17(33-2)11-7-16/h4-11,14,22H,3,12-13H2,1-2H3,(H,28,30). The lowest BCUT2D eigenvalue weighted by atomic mass is 10.2. The van der Waals surface area contributed by atoms with Crippen molar-refractivity contribution in [2.75, 3.05) is 27.4 Å². The number of halogens is 3. The van der Waals surface area contributed by atoms with E-state index < -0.39 is 15.9 Å². The van der Waals surface area contributed by atoms with Gasteiger partial charge in [-0.25, -0.2) is 0 Å². The second kappa shape index (κ2) is 13.0. The molecular formula is C24H23Cl3N2O5S2. The van der Waals surface area contributed by atoms with Crippen LogP contribution < -0.4 is 14.8 Å². The maximum absolute atomic E-state index is 12.7. The molecule has 1 aliphatic heterocycles. The Kier molecular flexibility index (Phi) is 10.3. The minimum absolute atomic E-state index is 0.140. The zero-order chi connectivity index (χ0) is 26.3. The Bertz CT molecular complexity index is 1120. The zero-order valence-electron chi connectivity index (χ0n) is 19.3. The van der Waals surface area contributed by atoms with Crippen LogP contribution in [0.5, 0.6) is 11.5 Å². The summed E-state index contributed by atoms with van der Waals surface area (Å²) in [6.45, 7) is 1.05. The largest absolute Gasteiger partial charge is 0.497 e. The van der Waals surface area contributed by atoms with Gasteiger partial charge >= 0.3 is 0 Å². The number of alkyl halides is 3. The van der Waals surface area contributed by atoms with Crippen molar-refractivity contribution in [3.8, 4) is 11.5 Å². The maximum atomic E-state index is 12.7. The van der Waals surface area contributed by atoms with Crippen molar-refractivity contribution < 1.29 is 23.8 Å². The molecule has 1 atom stereocenters. The van der Waals surface area contributed by atoms with Gasteiger partial charge in [0, 0.05) is 25.8 Å². The topological polar surface area (TPSA) is 77.1 Å². The lowest BCUT2D eigenvalue weighted by molar-refractivity contribution is -0.122. The molecule has 0 aromatic heterocycles. The molecule has 0 spiro atoms. The van der Waals surface area contributed by atoms with Crippen molar-refractivity contribution in [2.45, 2.75) is 16.4 Å². The average Bonchev–Trinajstić information content (AvgIpc) is 3.11. The number of amides is 2. The van der Waals surface area contributed by atoms with Gasteiger partial charge in [-0.05, 0) is 54.5 Å². The van der Waals surface area contributed by atoms with E-state index in [1.807, 2.05) is 0 Å². The Morgan fingerprint density at radius 2 is 1.75 bits per heavy atom. The quantitative estimate of drug-likeness (QED) is 0.130. The molecule has 192 valence electrons. The summed E-state index contributed by atoms with van der Waals surface area (Å²) >= 11 is 24.8. The van der Waals surface area contributed by atoms with Crippen LogP contribution in [0, 0.1) is 0 Å². The number of ether oxygens (including phenoxy) is 3. The highest BCUT2D eigenvalue weighted by molar-refractivity contribution is 8.26. The molecule has 12 heteroatoms. The van der Waals surface area contributed by atoms with Crippen molar-refractivity contribution in [1.82, 2.24) is 10.2 Å². The molecule has 1 N–H and O–H groups in total. The van der Waals surface area contributed by atoms with Gasteiger partial charge in [-0.15, -0.1) is 0 Å². The number of rotatable bonds is 10. The Morgan fingerprint density at radius 1 is 1.11 bits per heavy atom. The third-order valence-electron chi connectivity index (χ3n) is 4.95. The first-order valence-electron chi connectivity index (χ1n) is 10.6. The van der Waals surface area contributed by atoms with E-state index in [0.717, 1.165) is 5.56 Å². The van der Waals surface area contributed by atoms with E-state index in [4.69, 9.17) is 61.2 Å². The molecule has 1 aliphatic rings. The van der Waals surface area contributed by atoms with E-state index in [9.17, 15) is 9.59 Å². The SMILES string of the molecule is COCCCN1C(=O)C(=Cc2ccc(OC(NC(=O)c3ccc(OC)cc3)C(Cl)(Cl)Cl)cc2)SC1=S. The number of hydrogen-bond donors (Lipinski definition) is 1. The van der Waals surface area contributed by atoms with Gasteiger partial charge < -0.3 is 19.5 Å². The number of carbonyl (C=O) groups excluding carboxylic acids is 2. The van der Waals surface area contributed by atoms with E-state index in [1.54, 1.807) is 66.6 Å².